The van der Waals surface area contributed by atoms with Crippen LogP contribution in [-0.2, 0) is 24.9 Å². The molecule has 0 atom stereocenters. The van der Waals surface area contributed by atoms with Gasteiger partial charge in [-0.1, -0.05) is 12.1 Å². The van der Waals surface area contributed by atoms with Crippen molar-refractivity contribution >= 4 is 5.91 Å². The van der Waals surface area contributed by atoms with Crippen LogP contribution in [0.25, 0.3) is 11.4 Å². The van der Waals surface area contributed by atoms with Gasteiger partial charge >= 0.3 is 0 Å². The van der Waals surface area contributed by atoms with Gasteiger partial charge < -0.3 is 14.6 Å². The number of benzene rings is 1. The fourth-order valence-electron chi connectivity index (χ4n) is 2.72. The summed E-state index contributed by atoms with van der Waals surface area (Å²) in [7, 11) is 3.49. The van der Waals surface area contributed by atoms with Crippen molar-refractivity contribution in [1.82, 2.24) is 29.6 Å². The van der Waals surface area contributed by atoms with E-state index in [1.165, 1.54) is 0 Å². The number of aromatic nitrogens is 5. The molecule has 0 aliphatic heterocycles. The maximum Gasteiger partial charge on any atom is 0.251 e. The number of nitrogens with one attached hydrogen (secondary N) is 1. The van der Waals surface area contributed by atoms with Crippen molar-refractivity contribution in [3.05, 3.63) is 53.9 Å². The monoisotopic (exact) mass is 354 g/mol. The van der Waals surface area contributed by atoms with Crippen LogP contribution in [0.5, 0.6) is 0 Å². The maximum atomic E-state index is 12.5. The van der Waals surface area contributed by atoms with Gasteiger partial charge in [0.25, 0.3) is 5.91 Å². The van der Waals surface area contributed by atoms with E-state index in [-0.39, 0.29) is 5.91 Å². The molecule has 2 aromatic heterocycles. The molecule has 1 amide bonds. The summed E-state index contributed by atoms with van der Waals surface area (Å²) in [6, 6.07) is 7.36. The van der Waals surface area contributed by atoms with Gasteiger partial charge in [-0.15, -0.1) is 0 Å². The van der Waals surface area contributed by atoms with Crippen molar-refractivity contribution < 1.29 is 9.53 Å². The lowest BCUT2D eigenvalue weighted by atomic mass is 10.1. The Bertz CT molecular complexity index is 899. The van der Waals surface area contributed by atoms with Crippen LogP contribution in [0.4, 0.5) is 0 Å². The summed E-state index contributed by atoms with van der Waals surface area (Å²) in [5.41, 5.74) is 2.35. The quantitative estimate of drug-likeness (QED) is 0.696. The predicted molar refractivity (Wildman–Crippen MR) is 96.4 cm³/mol. The second kappa shape index (κ2) is 7.92. The number of rotatable bonds is 7. The smallest absolute Gasteiger partial charge is 0.251 e. The SMILES string of the molecule is COCCn1cncc1CNC(=O)c1cccc(-c2nc(C)nn2C)c1. The topological polar surface area (TPSA) is 86.9 Å². The molecular formula is C18H22N6O2. The summed E-state index contributed by atoms with van der Waals surface area (Å²) in [5, 5.41) is 7.18. The summed E-state index contributed by atoms with van der Waals surface area (Å²) >= 11 is 0. The first kappa shape index (κ1) is 17.8. The minimum absolute atomic E-state index is 0.148. The standard InChI is InChI=1S/C18H22N6O2/c1-13-21-17(23(2)22-13)14-5-4-6-15(9-14)18(25)20-11-16-10-19-12-24(16)7-8-26-3/h4-6,9-10,12H,7-8,11H2,1-3H3,(H,20,25). The zero-order valence-corrected chi connectivity index (χ0v) is 15.1. The van der Waals surface area contributed by atoms with Gasteiger partial charge in [-0.3, -0.25) is 4.79 Å². The van der Waals surface area contributed by atoms with Gasteiger partial charge in [0.1, 0.15) is 5.82 Å². The highest BCUT2D eigenvalue weighted by Crippen LogP contribution is 2.18. The minimum atomic E-state index is -0.148. The van der Waals surface area contributed by atoms with Crippen molar-refractivity contribution in [2.24, 2.45) is 7.05 Å². The molecule has 0 aliphatic rings. The number of methoxy groups -OCH3 is 1. The molecule has 0 saturated carbocycles. The van der Waals surface area contributed by atoms with E-state index in [1.807, 2.05) is 36.7 Å². The largest absolute Gasteiger partial charge is 0.383 e. The summed E-state index contributed by atoms with van der Waals surface area (Å²) in [6.07, 6.45) is 3.48. The Morgan fingerprint density at radius 1 is 1.35 bits per heavy atom. The van der Waals surface area contributed by atoms with Crippen molar-refractivity contribution in [3.8, 4) is 11.4 Å². The van der Waals surface area contributed by atoms with E-state index < -0.39 is 0 Å². The summed E-state index contributed by atoms with van der Waals surface area (Å²) in [4.78, 5) is 21.1. The van der Waals surface area contributed by atoms with Crippen molar-refractivity contribution in [2.75, 3.05) is 13.7 Å². The van der Waals surface area contributed by atoms with E-state index >= 15 is 0 Å². The van der Waals surface area contributed by atoms with E-state index in [0.29, 0.717) is 31.1 Å². The third-order valence-corrected chi connectivity index (χ3v) is 4.02. The number of amides is 1. The van der Waals surface area contributed by atoms with E-state index in [0.717, 1.165) is 17.1 Å². The number of ether oxygens (including phenoxy) is 1. The van der Waals surface area contributed by atoms with Gasteiger partial charge in [0.05, 0.1) is 25.2 Å². The van der Waals surface area contributed by atoms with Crippen LogP contribution in [0.1, 0.15) is 21.9 Å². The molecule has 0 fully saturated rings. The van der Waals surface area contributed by atoms with E-state index in [9.17, 15) is 4.79 Å². The molecule has 3 rings (SSSR count). The van der Waals surface area contributed by atoms with Crippen LogP contribution in [0.3, 0.4) is 0 Å². The number of nitrogens with zero attached hydrogens (tertiary/aromatic N) is 5. The van der Waals surface area contributed by atoms with Crippen LogP contribution in [0, 0.1) is 6.92 Å². The third-order valence-electron chi connectivity index (χ3n) is 4.02. The predicted octanol–water partition coefficient (Wildman–Crippen LogP) is 1.56. The molecule has 8 heteroatoms. The van der Waals surface area contributed by atoms with Gasteiger partial charge in [0.15, 0.2) is 5.82 Å². The van der Waals surface area contributed by atoms with Crippen LogP contribution in [0.2, 0.25) is 0 Å². The Hall–Kier alpha value is -3.00. The lowest BCUT2D eigenvalue weighted by Gasteiger charge is -2.09. The number of hydrogen-bond acceptors (Lipinski definition) is 5. The molecule has 136 valence electrons. The lowest BCUT2D eigenvalue weighted by molar-refractivity contribution is 0.0950. The molecule has 0 bridgehead atoms. The molecule has 2 heterocycles. The summed E-state index contributed by atoms with van der Waals surface area (Å²) in [6.45, 7) is 3.53. The Morgan fingerprint density at radius 2 is 2.19 bits per heavy atom. The van der Waals surface area contributed by atoms with Crippen molar-refractivity contribution in [1.29, 1.82) is 0 Å². The zero-order valence-electron chi connectivity index (χ0n) is 15.1. The number of aryl methyl sites for hydroxylation is 2. The number of imidazole rings is 1. The van der Waals surface area contributed by atoms with Crippen LogP contribution in [-0.4, -0.2) is 43.9 Å². The Balaban J connectivity index is 1.70. The molecule has 0 aliphatic carbocycles. The molecule has 1 N–H and O–H groups in total. The van der Waals surface area contributed by atoms with Crippen molar-refractivity contribution in [2.45, 2.75) is 20.0 Å². The summed E-state index contributed by atoms with van der Waals surface area (Å²) < 4.78 is 8.75. The molecule has 0 unspecified atom stereocenters. The third kappa shape index (κ3) is 3.97. The van der Waals surface area contributed by atoms with E-state index in [1.54, 1.807) is 30.4 Å². The molecule has 8 nitrogen and oxygen atoms in total. The van der Waals surface area contributed by atoms with Gasteiger partial charge in [0.2, 0.25) is 0 Å². The molecule has 0 spiro atoms. The first-order chi connectivity index (χ1) is 12.6. The zero-order chi connectivity index (χ0) is 18.5. The highest BCUT2D eigenvalue weighted by atomic mass is 16.5. The molecule has 26 heavy (non-hydrogen) atoms. The first-order valence-electron chi connectivity index (χ1n) is 8.32. The van der Waals surface area contributed by atoms with Gasteiger partial charge in [-0.25, -0.2) is 14.6 Å². The Labute approximate surface area is 151 Å². The van der Waals surface area contributed by atoms with Crippen LogP contribution < -0.4 is 5.32 Å². The molecule has 0 saturated heterocycles. The van der Waals surface area contributed by atoms with Gasteiger partial charge in [0, 0.05) is 38.0 Å². The highest BCUT2D eigenvalue weighted by molar-refractivity contribution is 5.95. The number of carbonyl (C=O) groups is 1. The molecule has 1 aromatic carbocycles. The second-order valence-corrected chi connectivity index (χ2v) is 5.94. The van der Waals surface area contributed by atoms with E-state index in [4.69, 9.17) is 4.74 Å². The number of hydrogen-bond donors (Lipinski definition) is 1. The normalized spacial score (nSPS) is 10.9. The summed E-state index contributed by atoms with van der Waals surface area (Å²) in [5.74, 6) is 1.28. The molecule has 3 aromatic rings. The minimum Gasteiger partial charge on any atom is -0.383 e. The van der Waals surface area contributed by atoms with Gasteiger partial charge in [-0.05, 0) is 19.1 Å². The first-order valence-corrected chi connectivity index (χ1v) is 8.32. The van der Waals surface area contributed by atoms with Crippen LogP contribution in [0.15, 0.2) is 36.8 Å². The molecular weight excluding hydrogens is 332 g/mol. The van der Waals surface area contributed by atoms with Crippen LogP contribution >= 0.6 is 0 Å². The fourth-order valence-corrected chi connectivity index (χ4v) is 2.72. The van der Waals surface area contributed by atoms with Gasteiger partial charge in [-0.2, -0.15) is 5.10 Å². The average molecular weight is 354 g/mol. The van der Waals surface area contributed by atoms with Crippen molar-refractivity contribution in [3.63, 3.8) is 0 Å². The molecule has 0 radical (unpaired) electrons. The van der Waals surface area contributed by atoms with E-state index in [2.05, 4.69) is 20.4 Å². The average Bonchev–Trinajstić information content (AvgIpc) is 3.23. The second-order valence-electron chi connectivity index (χ2n) is 5.94. The Morgan fingerprint density at radius 3 is 2.92 bits per heavy atom. The fraction of sp³-hybridized carbons (Fsp3) is 0.333. The maximum absolute atomic E-state index is 12.5. The number of carbonyl (C=O) groups excluding carboxylic acids is 1. The Kier molecular flexibility index (Phi) is 5.43. The lowest BCUT2D eigenvalue weighted by Crippen LogP contribution is -2.24. The highest BCUT2D eigenvalue weighted by Gasteiger charge is 2.12.